The highest BCUT2D eigenvalue weighted by atomic mass is 32.2. The van der Waals surface area contributed by atoms with Crippen molar-refractivity contribution in [1.29, 1.82) is 5.26 Å². The van der Waals surface area contributed by atoms with E-state index in [4.69, 9.17) is 10.00 Å². The highest BCUT2D eigenvalue weighted by Crippen LogP contribution is 2.29. The number of esters is 1. The van der Waals surface area contributed by atoms with Crippen LogP contribution in [0.5, 0.6) is 0 Å². The van der Waals surface area contributed by atoms with Gasteiger partial charge in [-0.05, 0) is 26.0 Å². The summed E-state index contributed by atoms with van der Waals surface area (Å²) in [6.45, 7) is 10.1. The van der Waals surface area contributed by atoms with Crippen molar-refractivity contribution < 1.29 is 9.53 Å². The highest BCUT2D eigenvalue weighted by Gasteiger charge is 2.21. The minimum Gasteiger partial charge on any atom is -0.465 e. The van der Waals surface area contributed by atoms with Crippen molar-refractivity contribution in [2.75, 3.05) is 6.61 Å². The molecule has 20 heavy (non-hydrogen) atoms. The van der Waals surface area contributed by atoms with Crippen LogP contribution >= 0.6 is 11.8 Å². The van der Waals surface area contributed by atoms with Crippen LogP contribution in [0.2, 0.25) is 0 Å². The molecule has 0 N–H and O–H groups in total. The molecular weight excluding hydrogens is 272 g/mol. The molecule has 0 radical (unpaired) electrons. The van der Waals surface area contributed by atoms with Gasteiger partial charge < -0.3 is 4.74 Å². The Hall–Kier alpha value is -1.54. The maximum atomic E-state index is 11.7. The first kappa shape index (κ1) is 16.5. The summed E-state index contributed by atoms with van der Waals surface area (Å²) in [6, 6.07) is 5.73. The second kappa shape index (κ2) is 6.76. The van der Waals surface area contributed by atoms with Crippen LogP contribution in [0.1, 0.15) is 45.9 Å². The molecule has 1 aromatic heterocycles. The Morgan fingerprint density at radius 2 is 2.15 bits per heavy atom. The summed E-state index contributed by atoms with van der Waals surface area (Å²) in [5.41, 5.74) is 1.28. The van der Waals surface area contributed by atoms with Crippen molar-refractivity contribution in [3.8, 4) is 6.07 Å². The minimum atomic E-state index is -0.384. The van der Waals surface area contributed by atoms with Crippen LogP contribution < -0.4 is 0 Å². The standard InChI is InChI=1S/C15H20N2O2S/c1-6-19-14(18)10(2)20-13-11(9-16)7-8-12(17-13)15(3,4)5/h7-8,10H,6H2,1-5H3. The van der Waals surface area contributed by atoms with E-state index in [-0.39, 0.29) is 16.6 Å². The molecule has 0 saturated carbocycles. The molecule has 5 heteroatoms. The predicted molar refractivity (Wildman–Crippen MR) is 79.6 cm³/mol. The maximum Gasteiger partial charge on any atom is 0.319 e. The summed E-state index contributed by atoms with van der Waals surface area (Å²) in [6.07, 6.45) is 0. The molecule has 1 atom stereocenters. The molecule has 0 aliphatic heterocycles. The zero-order valence-corrected chi connectivity index (χ0v) is 13.4. The minimum absolute atomic E-state index is 0.101. The number of pyridine rings is 1. The Bertz CT molecular complexity index is 530. The first-order valence-corrected chi connectivity index (χ1v) is 7.42. The molecule has 0 spiro atoms. The molecule has 0 aliphatic rings. The molecule has 1 heterocycles. The molecule has 0 fully saturated rings. The monoisotopic (exact) mass is 292 g/mol. The van der Waals surface area contributed by atoms with Crippen molar-refractivity contribution in [2.24, 2.45) is 0 Å². The molecule has 0 saturated heterocycles. The Labute approximate surface area is 124 Å². The van der Waals surface area contributed by atoms with Gasteiger partial charge in [0.1, 0.15) is 16.3 Å². The lowest BCUT2D eigenvalue weighted by atomic mass is 9.91. The second-order valence-electron chi connectivity index (χ2n) is 5.42. The Balaban J connectivity index is 3.04. The van der Waals surface area contributed by atoms with Gasteiger partial charge in [-0.3, -0.25) is 4.79 Å². The largest absolute Gasteiger partial charge is 0.465 e. The van der Waals surface area contributed by atoms with Crippen LogP contribution in [-0.2, 0) is 14.9 Å². The first-order valence-electron chi connectivity index (χ1n) is 6.54. The van der Waals surface area contributed by atoms with Crippen molar-refractivity contribution in [1.82, 2.24) is 4.98 Å². The van der Waals surface area contributed by atoms with E-state index in [0.29, 0.717) is 17.2 Å². The number of nitriles is 1. The molecule has 1 aromatic rings. The van der Waals surface area contributed by atoms with Crippen LogP contribution in [-0.4, -0.2) is 22.8 Å². The topological polar surface area (TPSA) is 63.0 Å². The fourth-order valence-electron chi connectivity index (χ4n) is 1.51. The molecular formula is C15H20N2O2S. The van der Waals surface area contributed by atoms with Gasteiger partial charge in [0.15, 0.2) is 0 Å². The molecule has 1 rings (SSSR count). The number of ether oxygens (including phenoxy) is 1. The van der Waals surface area contributed by atoms with Gasteiger partial charge in [-0.2, -0.15) is 5.26 Å². The molecule has 0 bridgehead atoms. The SMILES string of the molecule is CCOC(=O)C(C)Sc1nc(C(C)(C)C)ccc1C#N. The third kappa shape index (κ3) is 4.24. The summed E-state index contributed by atoms with van der Waals surface area (Å²) < 4.78 is 4.98. The quantitative estimate of drug-likeness (QED) is 0.629. The van der Waals surface area contributed by atoms with Gasteiger partial charge in [0, 0.05) is 11.1 Å². The van der Waals surface area contributed by atoms with Gasteiger partial charge in [0.25, 0.3) is 0 Å². The highest BCUT2D eigenvalue weighted by molar-refractivity contribution is 8.00. The fraction of sp³-hybridized carbons (Fsp3) is 0.533. The Kier molecular flexibility index (Phi) is 5.58. The first-order chi connectivity index (χ1) is 9.29. The normalized spacial score (nSPS) is 12.6. The van der Waals surface area contributed by atoms with Crippen LogP contribution in [0.3, 0.4) is 0 Å². The van der Waals surface area contributed by atoms with Gasteiger partial charge in [-0.1, -0.05) is 32.5 Å². The molecule has 4 nitrogen and oxygen atoms in total. The van der Waals surface area contributed by atoms with Crippen LogP contribution in [0.25, 0.3) is 0 Å². The van der Waals surface area contributed by atoms with E-state index in [1.807, 2.05) is 6.07 Å². The zero-order valence-electron chi connectivity index (χ0n) is 12.6. The third-order valence-electron chi connectivity index (χ3n) is 2.66. The average molecular weight is 292 g/mol. The number of carbonyl (C=O) groups excluding carboxylic acids is 1. The van der Waals surface area contributed by atoms with Gasteiger partial charge >= 0.3 is 5.97 Å². The average Bonchev–Trinajstić information content (AvgIpc) is 2.37. The summed E-state index contributed by atoms with van der Waals surface area (Å²) >= 11 is 1.26. The number of nitrogens with zero attached hydrogens (tertiary/aromatic N) is 2. The van der Waals surface area contributed by atoms with E-state index < -0.39 is 0 Å². The lowest BCUT2D eigenvalue weighted by Crippen LogP contribution is -2.18. The summed E-state index contributed by atoms with van der Waals surface area (Å²) in [7, 11) is 0. The number of aromatic nitrogens is 1. The lowest BCUT2D eigenvalue weighted by Gasteiger charge is -2.19. The van der Waals surface area contributed by atoms with E-state index in [2.05, 4.69) is 31.8 Å². The van der Waals surface area contributed by atoms with Gasteiger partial charge in [-0.15, -0.1) is 0 Å². The van der Waals surface area contributed by atoms with Gasteiger partial charge in [0.2, 0.25) is 0 Å². The smallest absolute Gasteiger partial charge is 0.319 e. The molecule has 0 amide bonds. The summed E-state index contributed by atoms with van der Waals surface area (Å²) in [4.78, 5) is 16.2. The lowest BCUT2D eigenvalue weighted by molar-refractivity contribution is -0.142. The van der Waals surface area contributed by atoms with E-state index in [0.717, 1.165) is 5.69 Å². The van der Waals surface area contributed by atoms with E-state index in [9.17, 15) is 4.79 Å². The number of rotatable bonds is 4. The summed E-state index contributed by atoms with van der Waals surface area (Å²) in [5, 5.41) is 9.35. The number of thioether (sulfide) groups is 1. The number of hydrogen-bond donors (Lipinski definition) is 0. The van der Waals surface area contributed by atoms with E-state index >= 15 is 0 Å². The Morgan fingerprint density at radius 1 is 1.50 bits per heavy atom. The van der Waals surface area contributed by atoms with E-state index in [1.54, 1.807) is 19.9 Å². The van der Waals surface area contributed by atoms with Gasteiger partial charge in [0.05, 0.1) is 12.2 Å². The second-order valence-corrected chi connectivity index (χ2v) is 6.75. The van der Waals surface area contributed by atoms with Crippen molar-refractivity contribution in [3.63, 3.8) is 0 Å². The molecule has 0 aromatic carbocycles. The van der Waals surface area contributed by atoms with Crippen LogP contribution in [0.15, 0.2) is 17.2 Å². The summed E-state index contributed by atoms with van der Waals surface area (Å²) in [5.74, 6) is -0.288. The maximum absolute atomic E-state index is 11.7. The number of hydrogen-bond acceptors (Lipinski definition) is 5. The molecule has 1 unspecified atom stereocenters. The van der Waals surface area contributed by atoms with E-state index in [1.165, 1.54) is 11.8 Å². The van der Waals surface area contributed by atoms with Gasteiger partial charge in [-0.25, -0.2) is 4.98 Å². The van der Waals surface area contributed by atoms with Crippen molar-refractivity contribution in [3.05, 3.63) is 23.4 Å². The van der Waals surface area contributed by atoms with Crippen LogP contribution in [0.4, 0.5) is 0 Å². The zero-order chi connectivity index (χ0) is 15.3. The van der Waals surface area contributed by atoms with Crippen molar-refractivity contribution in [2.45, 2.75) is 50.3 Å². The Morgan fingerprint density at radius 3 is 2.65 bits per heavy atom. The van der Waals surface area contributed by atoms with Crippen LogP contribution in [0, 0.1) is 11.3 Å². The molecule has 0 aliphatic carbocycles. The predicted octanol–water partition coefficient (Wildman–Crippen LogP) is 3.29. The third-order valence-corrected chi connectivity index (χ3v) is 3.74. The van der Waals surface area contributed by atoms with Crippen molar-refractivity contribution >= 4 is 17.7 Å². The number of carbonyl (C=O) groups is 1. The fourth-order valence-corrected chi connectivity index (χ4v) is 2.40. The molecule has 108 valence electrons.